The maximum absolute atomic E-state index is 11.6. The second-order valence-electron chi connectivity index (χ2n) is 5.13. The van der Waals surface area contributed by atoms with E-state index >= 15 is 0 Å². The van der Waals surface area contributed by atoms with Crippen LogP contribution in [0.2, 0.25) is 0 Å². The van der Waals surface area contributed by atoms with Gasteiger partial charge in [-0.2, -0.15) is 0 Å². The van der Waals surface area contributed by atoms with E-state index in [2.05, 4.69) is 12.2 Å². The molecule has 1 unspecified atom stereocenters. The summed E-state index contributed by atoms with van der Waals surface area (Å²) in [4.78, 5) is 11.6. The zero-order valence-electron chi connectivity index (χ0n) is 13.3. The number of benzene rings is 1. The molecule has 1 aromatic carbocycles. The van der Waals surface area contributed by atoms with Crippen LogP contribution in [0, 0.1) is 0 Å². The largest absolute Gasteiger partial charge is 0.493 e. The van der Waals surface area contributed by atoms with Gasteiger partial charge in [0.15, 0.2) is 11.5 Å². The summed E-state index contributed by atoms with van der Waals surface area (Å²) in [6.45, 7) is 6.36. The maximum atomic E-state index is 11.6. The molecule has 1 aromatic rings. The van der Waals surface area contributed by atoms with Crippen LogP contribution in [0.3, 0.4) is 0 Å². The predicted octanol–water partition coefficient (Wildman–Crippen LogP) is 2.40. The van der Waals surface area contributed by atoms with Crippen molar-refractivity contribution in [2.24, 2.45) is 5.73 Å². The van der Waals surface area contributed by atoms with Crippen LogP contribution in [-0.2, 0) is 4.79 Å². The number of methoxy groups -OCH3 is 1. The highest BCUT2D eigenvalue weighted by atomic mass is 16.5. The van der Waals surface area contributed by atoms with Crippen molar-refractivity contribution in [3.05, 3.63) is 23.8 Å². The van der Waals surface area contributed by atoms with Crippen LogP contribution in [0.1, 0.15) is 45.2 Å². The Kier molecular flexibility index (Phi) is 7.02. The number of hydrogen-bond donors (Lipinski definition) is 2. The van der Waals surface area contributed by atoms with Crippen molar-refractivity contribution < 1.29 is 14.3 Å². The molecule has 0 fully saturated rings. The van der Waals surface area contributed by atoms with Crippen LogP contribution >= 0.6 is 0 Å². The zero-order valence-corrected chi connectivity index (χ0v) is 13.3. The van der Waals surface area contributed by atoms with Crippen molar-refractivity contribution >= 4 is 5.91 Å². The topological polar surface area (TPSA) is 73.6 Å². The number of amides is 1. The van der Waals surface area contributed by atoms with Gasteiger partial charge >= 0.3 is 0 Å². The van der Waals surface area contributed by atoms with Gasteiger partial charge in [0.25, 0.3) is 0 Å². The fraction of sp³-hybridized carbons (Fsp3) is 0.562. The van der Waals surface area contributed by atoms with E-state index < -0.39 is 6.04 Å². The van der Waals surface area contributed by atoms with Crippen molar-refractivity contribution in [1.29, 1.82) is 0 Å². The molecule has 0 aliphatic heterocycles. The molecule has 0 radical (unpaired) electrons. The molecule has 3 N–H and O–H groups in total. The standard InChI is InChI=1S/C16H26N2O3/c1-5-6-9-21-14-8-7-13(10-15(14)20-4)12(3)18-16(19)11(2)17/h7-8,10-12H,5-6,9,17H2,1-4H3,(H,18,19)/t11-,12?/m0/s1. The molecule has 0 bridgehead atoms. The summed E-state index contributed by atoms with van der Waals surface area (Å²) in [6, 6.07) is 5.02. The SMILES string of the molecule is CCCCOc1ccc(C(C)NC(=O)[C@H](C)N)cc1OC. The minimum absolute atomic E-state index is 0.137. The van der Waals surface area contributed by atoms with E-state index in [1.165, 1.54) is 0 Å². The van der Waals surface area contributed by atoms with Gasteiger partial charge in [0.05, 0.1) is 25.8 Å². The molecule has 0 aliphatic carbocycles. The highest BCUT2D eigenvalue weighted by Crippen LogP contribution is 2.30. The van der Waals surface area contributed by atoms with Gasteiger partial charge in [-0.1, -0.05) is 19.4 Å². The van der Waals surface area contributed by atoms with Crippen LogP contribution in [0.5, 0.6) is 11.5 Å². The third-order valence-electron chi connectivity index (χ3n) is 3.22. The monoisotopic (exact) mass is 294 g/mol. The summed E-state index contributed by atoms with van der Waals surface area (Å²) >= 11 is 0. The first kappa shape index (κ1) is 17.3. The van der Waals surface area contributed by atoms with E-state index in [-0.39, 0.29) is 11.9 Å². The first-order valence-corrected chi connectivity index (χ1v) is 7.36. The Morgan fingerprint density at radius 2 is 2.05 bits per heavy atom. The Labute approximate surface area is 126 Å². The first-order chi connectivity index (χ1) is 9.99. The number of nitrogens with one attached hydrogen (secondary N) is 1. The van der Waals surface area contributed by atoms with Crippen molar-refractivity contribution in [1.82, 2.24) is 5.32 Å². The zero-order chi connectivity index (χ0) is 15.8. The third-order valence-corrected chi connectivity index (χ3v) is 3.22. The molecule has 0 saturated heterocycles. The second-order valence-corrected chi connectivity index (χ2v) is 5.13. The quantitative estimate of drug-likeness (QED) is 0.722. The van der Waals surface area contributed by atoms with Gasteiger partial charge < -0.3 is 20.5 Å². The normalized spacial score (nSPS) is 13.4. The minimum Gasteiger partial charge on any atom is -0.493 e. The molecule has 5 heteroatoms. The average Bonchev–Trinajstić information content (AvgIpc) is 2.47. The third kappa shape index (κ3) is 5.27. The number of carbonyl (C=O) groups is 1. The van der Waals surface area contributed by atoms with E-state index in [9.17, 15) is 4.79 Å². The molecule has 0 heterocycles. The van der Waals surface area contributed by atoms with Crippen molar-refractivity contribution in [3.63, 3.8) is 0 Å². The Hall–Kier alpha value is -1.75. The molecular weight excluding hydrogens is 268 g/mol. The van der Waals surface area contributed by atoms with E-state index in [4.69, 9.17) is 15.2 Å². The molecule has 0 spiro atoms. The van der Waals surface area contributed by atoms with Crippen molar-refractivity contribution in [2.45, 2.75) is 45.7 Å². The number of hydrogen-bond acceptors (Lipinski definition) is 4. The summed E-state index contributed by atoms with van der Waals surface area (Å²) in [7, 11) is 1.61. The van der Waals surface area contributed by atoms with Gasteiger partial charge in [-0.25, -0.2) is 0 Å². The summed E-state index contributed by atoms with van der Waals surface area (Å²) in [5.74, 6) is 1.22. The number of unbranched alkanes of at least 4 members (excludes halogenated alkanes) is 1. The van der Waals surface area contributed by atoms with Crippen LogP contribution in [-0.4, -0.2) is 25.7 Å². The summed E-state index contributed by atoms with van der Waals surface area (Å²) in [5.41, 5.74) is 6.50. The predicted molar refractivity (Wildman–Crippen MR) is 83.6 cm³/mol. The lowest BCUT2D eigenvalue weighted by atomic mass is 10.1. The van der Waals surface area contributed by atoms with Crippen molar-refractivity contribution in [2.75, 3.05) is 13.7 Å². The minimum atomic E-state index is -0.522. The summed E-state index contributed by atoms with van der Waals surface area (Å²) < 4.78 is 11.0. The summed E-state index contributed by atoms with van der Waals surface area (Å²) in [6.07, 6.45) is 2.09. The second kappa shape index (κ2) is 8.52. The Balaban J connectivity index is 2.78. The highest BCUT2D eigenvalue weighted by Gasteiger charge is 2.14. The maximum Gasteiger partial charge on any atom is 0.237 e. The van der Waals surface area contributed by atoms with Gasteiger partial charge in [0, 0.05) is 0 Å². The van der Waals surface area contributed by atoms with Crippen LogP contribution < -0.4 is 20.5 Å². The van der Waals surface area contributed by atoms with Gasteiger partial charge in [0.1, 0.15) is 0 Å². The summed E-state index contributed by atoms with van der Waals surface area (Å²) in [5, 5.41) is 2.86. The van der Waals surface area contributed by atoms with Gasteiger partial charge in [-0.05, 0) is 38.0 Å². The fourth-order valence-corrected chi connectivity index (χ4v) is 1.83. The Morgan fingerprint density at radius 3 is 2.62 bits per heavy atom. The lowest BCUT2D eigenvalue weighted by Crippen LogP contribution is -2.39. The smallest absolute Gasteiger partial charge is 0.237 e. The van der Waals surface area contributed by atoms with Gasteiger partial charge in [-0.15, -0.1) is 0 Å². The molecule has 0 aromatic heterocycles. The molecule has 0 aliphatic rings. The molecule has 1 rings (SSSR count). The number of carbonyl (C=O) groups excluding carboxylic acids is 1. The molecule has 0 saturated carbocycles. The molecule has 5 nitrogen and oxygen atoms in total. The molecule has 1 amide bonds. The van der Waals surface area contributed by atoms with Gasteiger partial charge in [0.2, 0.25) is 5.91 Å². The number of nitrogens with two attached hydrogens (primary N) is 1. The molecule has 118 valence electrons. The van der Waals surface area contributed by atoms with E-state index in [1.54, 1.807) is 14.0 Å². The van der Waals surface area contributed by atoms with Crippen LogP contribution in [0.4, 0.5) is 0 Å². The molecule has 21 heavy (non-hydrogen) atoms. The van der Waals surface area contributed by atoms with E-state index in [1.807, 2.05) is 25.1 Å². The highest BCUT2D eigenvalue weighted by molar-refractivity contribution is 5.81. The fourth-order valence-electron chi connectivity index (χ4n) is 1.83. The van der Waals surface area contributed by atoms with Crippen molar-refractivity contribution in [3.8, 4) is 11.5 Å². The van der Waals surface area contributed by atoms with Gasteiger partial charge in [-0.3, -0.25) is 4.79 Å². The Bertz CT molecular complexity index is 461. The van der Waals surface area contributed by atoms with Crippen LogP contribution in [0.25, 0.3) is 0 Å². The van der Waals surface area contributed by atoms with Crippen LogP contribution in [0.15, 0.2) is 18.2 Å². The molecular formula is C16H26N2O3. The van der Waals surface area contributed by atoms with E-state index in [0.29, 0.717) is 12.4 Å². The lowest BCUT2D eigenvalue weighted by molar-refractivity contribution is -0.122. The number of ether oxygens (including phenoxy) is 2. The van der Waals surface area contributed by atoms with E-state index in [0.717, 1.165) is 24.2 Å². The average molecular weight is 294 g/mol. The number of rotatable bonds is 8. The Morgan fingerprint density at radius 1 is 1.33 bits per heavy atom. The molecule has 2 atom stereocenters. The lowest BCUT2D eigenvalue weighted by Gasteiger charge is -2.18. The first-order valence-electron chi connectivity index (χ1n) is 7.36.